The van der Waals surface area contributed by atoms with Gasteiger partial charge in [-0.05, 0) is 48.7 Å². The molecule has 34 heavy (non-hydrogen) atoms. The number of hydrogen-bond donors (Lipinski definition) is 0. The van der Waals surface area contributed by atoms with Crippen LogP contribution in [0.1, 0.15) is 42.1 Å². The Bertz CT molecular complexity index is 996. The number of nitrogens with zero attached hydrogens (tertiary/aromatic N) is 3. The number of carbonyl (C=O) groups excluding carboxylic acids is 3. The fraction of sp³-hybridized carbons (Fsp3) is 0.423. The van der Waals surface area contributed by atoms with Crippen molar-refractivity contribution in [3.8, 4) is 0 Å². The van der Waals surface area contributed by atoms with Gasteiger partial charge >= 0.3 is 0 Å². The molecule has 1 aliphatic rings. The zero-order chi connectivity index (χ0) is 24.5. The molecule has 2 aromatic carbocycles. The summed E-state index contributed by atoms with van der Waals surface area (Å²) in [7, 11) is 1.55. The molecule has 0 bridgehead atoms. The monoisotopic (exact) mass is 485 g/mol. The molecule has 0 aliphatic carbocycles. The third-order valence-corrected chi connectivity index (χ3v) is 6.10. The topological polar surface area (TPSA) is 70.2 Å². The van der Waals surface area contributed by atoms with E-state index in [0.29, 0.717) is 22.9 Å². The van der Waals surface area contributed by atoms with Gasteiger partial charge in [0.2, 0.25) is 11.8 Å². The van der Waals surface area contributed by atoms with E-state index in [1.54, 1.807) is 31.4 Å². The molecule has 1 heterocycles. The van der Waals surface area contributed by atoms with Crippen molar-refractivity contribution < 1.29 is 19.1 Å². The maximum Gasteiger partial charge on any atom is 0.254 e. The molecule has 0 aromatic heterocycles. The molecule has 0 atom stereocenters. The van der Waals surface area contributed by atoms with Crippen LogP contribution >= 0.6 is 11.6 Å². The number of methoxy groups -OCH3 is 1. The van der Waals surface area contributed by atoms with Gasteiger partial charge in [-0.15, -0.1) is 0 Å². The molecule has 182 valence electrons. The van der Waals surface area contributed by atoms with E-state index in [2.05, 4.69) is 6.92 Å². The molecule has 1 aliphatic heterocycles. The maximum atomic E-state index is 13.2. The van der Waals surface area contributed by atoms with Gasteiger partial charge < -0.3 is 14.5 Å². The highest BCUT2D eigenvalue weighted by Crippen LogP contribution is 2.23. The minimum atomic E-state index is -0.293. The Morgan fingerprint density at radius 1 is 1.12 bits per heavy atom. The minimum absolute atomic E-state index is 0.0376. The lowest BCUT2D eigenvalue weighted by molar-refractivity contribution is -0.132. The van der Waals surface area contributed by atoms with Crippen LogP contribution in [-0.4, -0.2) is 67.5 Å². The first-order valence-corrected chi connectivity index (χ1v) is 12.0. The van der Waals surface area contributed by atoms with E-state index in [1.165, 1.54) is 33.1 Å². The fourth-order valence-corrected chi connectivity index (χ4v) is 4.06. The van der Waals surface area contributed by atoms with E-state index in [9.17, 15) is 14.4 Å². The zero-order valence-electron chi connectivity index (χ0n) is 19.8. The zero-order valence-corrected chi connectivity index (χ0v) is 20.6. The Morgan fingerprint density at radius 3 is 2.56 bits per heavy atom. The Balaban J connectivity index is 1.65. The standard InChI is InChI=1S/C26H32ClN3O4/c1-3-4-5-7-20-10-12-21(13-11-20)26(33)28(14-15-34-2)17-24(31)29-18-25(32)30(19-29)23-9-6-8-22(27)16-23/h6,8-13,16H,3-5,7,14-15,17-19H2,1-2H3. The van der Waals surface area contributed by atoms with E-state index < -0.39 is 0 Å². The second-order valence-corrected chi connectivity index (χ2v) is 8.84. The Morgan fingerprint density at radius 2 is 1.88 bits per heavy atom. The summed E-state index contributed by atoms with van der Waals surface area (Å²) < 4.78 is 5.15. The van der Waals surface area contributed by atoms with Crippen molar-refractivity contribution in [2.24, 2.45) is 0 Å². The number of hydrogen-bond acceptors (Lipinski definition) is 4. The first-order valence-electron chi connectivity index (χ1n) is 11.6. The van der Waals surface area contributed by atoms with E-state index in [4.69, 9.17) is 16.3 Å². The van der Waals surface area contributed by atoms with Crippen molar-refractivity contribution in [3.05, 3.63) is 64.7 Å². The largest absolute Gasteiger partial charge is 0.383 e. The summed E-state index contributed by atoms with van der Waals surface area (Å²) >= 11 is 6.05. The molecule has 1 fully saturated rings. The van der Waals surface area contributed by atoms with Crippen LogP contribution in [0.2, 0.25) is 5.02 Å². The average molecular weight is 486 g/mol. The van der Waals surface area contributed by atoms with Gasteiger partial charge in [-0.3, -0.25) is 19.3 Å². The summed E-state index contributed by atoms with van der Waals surface area (Å²) in [5.41, 5.74) is 2.36. The van der Waals surface area contributed by atoms with E-state index >= 15 is 0 Å². The highest BCUT2D eigenvalue weighted by Gasteiger charge is 2.33. The Kier molecular flexibility index (Phi) is 9.48. The van der Waals surface area contributed by atoms with Gasteiger partial charge in [-0.25, -0.2) is 0 Å². The van der Waals surface area contributed by atoms with Gasteiger partial charge in [0.1, 0.15) is 19.8 Å². The SMILES string of the molecule is CCCCCc1ccc(C(=O)N(CCOC)CC(=O)N2CC(=O)N(c3cccc(Cl)c3)C2)cc1. The summed E-state index contributed by atoms with van der Waals surface area (Å²) in [6.45, 7) is 2.71. The van der Waals surface area contributed by atoms with Gasteiger partial charge in [0.05, 0.1) is 6.61 Å². The van der Waals surface area contributed by atoms with Crippen molar-refractivity contribution in [1.82, 2.24) is 9.80 Å². The molecule has 1 saturated heterocycles. The lowest BCUT2D eigenvalue weighted by Crippen LogP contribution is -2.44. The lowest BCUT2D eigenvalue weighted by Gasteiger charge is -2.25. The summed E-state index contributed by atoms with van der Waals surface area (Å²) in [6, 6.07) is 14.5. The summed E-state index contributed by atoms with van der Waals surface area (Å²) in [4.78, 5) is 43.2. The third-order valence-electron chi connectivity index (χ3n) is 5.86. The number of halogens is 1. The van der Waals surface area contributed by atoms with E-state index in [1.807, 2.05) is 24.3 Å². The normalized spacial score (nSPS) is 13.4. The van der Waals surface area contributed by atoms with Crippen molar-refractivity contribution in [2.75, 3.05) is 44.9 Å². The molecule has 2 aromatic rings. The number of anilines is 1. The number of carbonyl (C=O) groups is 3. The molecular weight excluding hydrogens is 454 g/mol. The second-order valence-electron chi connectivity index (χ2n) is 8.41. The van der Waals surface area contributed by atoms with E-state index in [0.717, 1.165) is 12.8 Å². The number of ether oxygens (including phenoxy) is 1. The van der Waals surface area contributed by atoms with Crippen molar-refractivity contribution in [3.63, 3.8) is 0 Å². The van der Waals surface area contributed by atoms with Crippen LogP contribution in [0.25, 0.3) is 0 Å². The Hall–Kier alpha value is -2.90. The van der Waals surface area contributed by atoms with Crippen LogP contribution in [0.5, 0.6) is 0 Å². The van der Waals surface area contributed by atoms with Crippen LogP contribution in [0, 0.1) is 0 Å². The molecule has 7 nitrogen and oxygen atoms in total. The van der Waals surface area contributed by atoms with Crippen molar-refractivity contribution >= 4 is 35.0 Å². The molecule has 0 unspecified atom stereocenters. The third kappa shape index (κ3) is 6.81. The molecule has 0 spiro atoms. The summed E-state index contributed by atoms with van der Waals surface area (Å²) in [5, 5.41) is 0.516. The van der Waals surface area contributed by atoms with Crippen LogP contribution in [0.15, 0.2) is 48.5 Å². The molecule has 8 heteroatoms. The number of amides is 3. The predicted octanol–water partition coefficient (Wildman–Crippen LogP) is 3.99. The smallest absolute Gasteiger partial charge is 0.254 e. The fourth-order valence-electron chi connectivity index (χ4n) is 3.88. The average Bonchev–Trinajstić information content (AvgIpc) is 3.23. The highest BCUT2D eigenvalue weighted by molar-refractivity contribution is 6.31. The molecule has 0 N–H and O–H groups in total. The van der Waals surface area contributed by atoms with Gasteiger partial charge in [-0.2, -0.15) is 0 Å². The molecule has 0 radical (unpaired) electrons. The quantitative estimate of drug-likeness (QED) is 0.451. The van der Waals surface area contributed by atoms with Crippen molar-refractivity contribution in [2.45, 2.75) is 32.6 Å². The first kappa shape index (κ1) is 25.7. The number of benzene rings is 2. The number of rotatable bonds is 11. The van der Waals surface area contributed by atoms with Crippen LogP contribution < -0.4 is 4.90 Å². The van der Waals surface area contributed by atoms with Gasteiger partial charge in [0, 0.05) is 29.9 Å². The van der Waals surface area contributed by atoms with E-state index in [-0.39, 0.29) is 44.0 Å². The molecule has 3 amide bonds. The Labute approximate surface area is 206 Å². The number of unbranched alkanes of at least 4 members (excludes halogenated alkanes) is 2. The summed E-state index contributed by atoms with van der Waals surface area (Å²) in [5.74, 6) is -0.717. The summed E-state index contributed by atoms with van der Waals surface area (Å²) in [6.07, 6.45) is 4.46. The van der Waals surface area contributed by atoms with Gasteiger partial charge in [0.25, 0.3) is 5.91 Å². The molecule has 3 rings (SSSR count). The highest BCUT2D eigenvalue weighted by atomic mass is 35.5. The number of aryl methyl sites for hydroxylation is 1. The molecular formula is C26H32ClN3O4. The van der Waals surface area contributed by atoms with Crippen LogP contribution in [-0.2, 0) is 20.7 Å². The van der Waals surface area contributed by atoms with Crippen molar-refractivity contribution in [1.29, 1.82) is 0 Å². The predicted molar refractivity (Wildman–Crippen MR) is 133 cm³/mol. The van der Waals surface area contributed by atoms with Crippen LogP contribution in [0.4, 0.5) is 5.69 Å². The minimum Gasteiger partial charge on any atom is -0.383 e. The maximum absolute atomic E-state index is 13.2. The van der Waals surface area contributed by atoms with Gasteiger partial charge in [0.15, 0.2) is 0 Å². The molecule has 0 saturated carbocycles. The lowest BCUT2D eigenvalue weighted by atomic mass is 10.0. The van der Waals surface area contributed by atoms with Gasteiger partial charge in [-0.1, -0.05) is 49.6 Å². The second kappa shape index (κ2) is 12.5. The van der Waals surface area contributed by atoms with Crippen LogP contribution in [0.3, 0.4) is 0 Å². The first-order chi connectivity index (χ1) is 16.4.